The number of hydrogen-bond donors (Lipinski definition) is 3. The number of carbonyl (C=O) groups is 2. The van der Waals surface area contributed by atoms with E-state index in [1.165, 1.54) is 11.1 Å². The van der Waals surface area contributed by atoms with Gasteiger partial charge in [-0.2, -0.15) is 10.5 Å². The normalized spacial score (nSPS) is 16.2. The number of hydrogen-bond acceptors (Lipinski definition) is 6. The summed E-state index contributed by atoms with van der Waals surface area (Å²) in [5, 5.41) is 28.8. The van der Waals surface area contributed by atoms with E-state index in [4.69, 9.17) is 33.7 Å². The first-order valence-corrected chi connectivity index (χ1v) is 19.3. The van der Waals surface area contributed by atoms with Crippen LogP contribution >= 0.6 is 23.2 Å². The van der Waals surface area contributed by atoms with Gasteiger partial charge in [0.15, 0.2) is 0 Å². The lowest BCUT2D eigenvalue weighted by Gasteiger charge is -2.24. The fourth-order valence-corrected chi connectivity index (χ4v) is 8.10. The Balaban J connectivity index is 0.000000164. The average Bonchev–Trinajstić information content (AvgIpc) is 4.08. The van der Waals surface area contributed by atoms with Crippen molar-refractivity contribution in [2.45, 2.75) is 56.1 Å². The topological polar surface area (TPSA) is 121 Å². The number of rotatable bonds is 8. The third-order valence-electron chi connectivity index (χ3n) is 11.1. The van der Waals surface area contributed by atoms with Gasteiger partial charge in [0, 0.05) is 19.6 Å². The number of amides is 2. The van der Waals surface area contributed by atoms with Crippen LogP contribution < -0.4 is 20.9 Å². The van der Waals surface area contributed by atoms with Crippen molar-refractivity contribution in [3.05, 3.63) is 163 Å². The van der Waals surface area contributed by atoms with Crippen LogP contribution in [0.15, 0.2) is 103 Å². The summed E-state index contributed by atoms with van der Waals surface area (Å²) < 4.78 is 0. The summed E-state index contributed by atoms with van der Waals surface area (Å²) in [6, 6.07) is 36.8. The van der Waals surface area contributed by atoms with Gasteiger partial charge in [-0.1, -0.05) is 77.8 Å². The minimum atomic E-state index is -0.346. The standard InChI is InChI=1S/C26H21Cl2N3O.C19H17N3O/c27-22-9-6-18(14-23(22)28)16-31-13-10-19-2-1-3-21(24(19)31)25(32)30-26(11-12-26)20-7-4-17(15-29)5-8-20;20-12-13-4-6-15(7-5-13)19(9-10-19)22-18(23)16-3-1-2-14-8-11-21-17(14)16/h1-9,14H,10-13,16H2,(H,30,32);1-7,21H,8-11H2,(H,22,23). The van der Waals surface area contributed by atoms with E-state index in [-0.39, 0.29) is 22.9 Å². The van der Waals surface area contributed by atoms with Gasteiger partial charge in [0.05, 0.1) is 66.9 Å². The molecule has 8 nitrogen and oxygen atoms in total. The first kappa shape index (κ1) is 36.2. The largest absolute Gasteiger partial charge is 0.384 e. The molecule has 2 heterocycles. The van der Waals surface area contributed by atoms with Crippen LogP contribution in [0, 0.1) is 22.7 Å². The van der Waals surface area contributed by atoms with Gasteiger partial charge in [0.1, 0.15) is 0 Å². The van der Waals surface area contributed by atoms with E-state index in [1.54, 1.807) is 12.1 Å². The van der Waals surface area contributed by atoms with Crippen molar-refractivity contribution >= 4 is 46.4 Å². The molecule has 274 valence electrons. The van der Waals surface area contributed by atoms with Gasteiger partial charge in [-0.05, 0) is 115 Å². The van der Waals surface area contributed by atoms with Crippen molar-refractivity contribution in [1.29, 1.82) is 10.5 Å². The molecule has 2 aliphatic carbocycles. The van der Waals surface area contributed by atoms with Crippen molar-refractivity contribution in [1.82, 2.24) is 10.6 Å². The number of nitrogens with one attached hydrogen (secondary N) is 3. The monoisotopic (exact) mass is 764 g/mol. The van der Waals surface area contributed by atoms with Crippen molar-refractivity contribution in [2.24, 2.45) is 0 Å². The average molecular weight is 766 g/mol. The second kappa shape index (κ2) is 14.8. The van der Waals surface area contributed by atoms with E-state index in [2.05, 4.69) is 45.1 Å². The quantitative estimate of drug-likeness (QED) is 0.145. The molecule has 2 aliphatic heterocycles. The number of para-hydroxylation sites is 2. The van der Waals surface area contributed by atoms with Crippen LogP contribution in [0.2, 0.25) is 10.0 Å². The van der Waals surface area contributed by atoms with Gasteiger partial charge in [0.25, 0.3) is 11.8 Å². The molecule has 0 spiro atoms. The maximum absolute atomic E-state index is 13.4. The highest BCUT2D eigenvalue weighted by Gasteiger charge is 2.47. The summed E-state index contributed by atoms with van der Waals surface area (Å²) in [5.41, 5.74) is 9.59. The van der Waals surface area contributed by atoms with Gasteiger partial charge < -0.3 is 20.9 Å². The zero-order valence-corrected chi connectivity index (χ0v) is 31.6. The Hall–Kier alpha value is -5.80. The molecular weight excluding hydrogens is 727 g/mol. The van der Waals surface area contributed by atoms with Gasteiger partial charge in [-0.15, -0.1) is 0 Å². The molecule has 0 unspecified atom stereocenters. The summed E-state index contributed by atoms with van der Waals surface area (Å²) in [6.45, 7) is 2.40. The molecule has 2 saturated carbocycles. The van der Waals surface area contributed by atoms with E-state index in [0.717, 1.165) is 85.2 Å². The lowest BCUT2D eigenvalue weighted by molar-refractivity contribution is 0.0922. The highest BCUT2D eigenvalue weighted by Crippen LogP contribution is 2.47. The number of nitriles is 2. The molecule has 3 N–H and O–H groups in total. The third kappa shape index (κ3) is 7.36. The molecular formula is C45H38Cl2N6O2. The molecule has 5 aromatic carbocycles. The van der Waals surface area contributed by atoms with Gasteiger partial charge >= 0.3 is 0 Å². The molecule has 0 radical (unpaired) electrons. The predicted molar refractivity (Wildman–Crippen MR) is 215 cm³/mol. The first-order valence-electron chi connectivity index (χ1n) is 18.5. The number of halogens is 2. The Bertz CT molecular complexity index is 2390. The molecule has 9 rings (SSSR count). The van der Waals surface area contributed by atoms with Crippen LogP contribution in [0.25, 0.3) is 0 Å². The molecule has 0 saturated heterocycles. The van der Waals surface area contributed by atoms with Crippen LogP contribution in [-0.2, 0) is 30.5 Å². The summed E-state index contributed by atoms with van der Waals surface area (Å²) in [4.78, 5) is 28.4. The lowest BCUT2D eigenvalue weighted by atomic mass is 10.0. The summed E-state index contributed by atoms with van der Waals surface area (Å²) in [7, 11) is 0. The van der Waals surface area contributed by atoms with Gasteiger partial charge in [-0.25, -0.2) is 0 Å². The summed E-state index contributed by atoms with van der Waals surface area (Å²) in [6.07, 6.45) is 5.54. The Morgan fingerprint density at radius 2 is 1.25 bits per heavy atom. The lowest BCUT2D eigenvalue weighted by Crippen LogP contribution is -2.35. The SMILES string of the molecule is N#Cc1ccc(C2(NC(=O)c3cccc4c3N(Cc3ccc(Cl)c(Cl)c3)CC4)CC2)cc1.N#Cc1ccc(C2(NC(=O)c3cccc4c3NCC4)CC2)cc1. The summed E-state index contributed by atoms with van der Waals surface area (Å²) in [5.74, 6) is -0.0946. The highest BCUT2D eigenvalue weighted by atomic mass is 35.5. The van der Waals surface area contributed by atoms with E-state index >= 15 is 0 Å². The van der Waals surface area contributed by atoms with Crippen LogP contribution in [0.4, 0.5) is 11.4 Å². The van der Waals surface area contributed by atoms with E-state index in [9.17, 15) is 9.59 Å². The van der Waals surface area contributed by atoms with Crippen LogP contribution in [0.3, 0.4) is 0 Å². The van der Waals surface area contributed by atoms with E-state index in [0.29, 0.717) is 33.3 Å². The van der Waals surface area contributed by atoms with Crippen molar-refractivity contribution in [3.63, 3.8) is 0 Å². The second-order valence-electron chi connectivity index (χ2n) is 14.7. The highest BCUT2D eigenvalue weighted by molar-refractivity contribution is 6.42. The zero-order valence-electron chi connectivity index (χ0n) is 30.1. The Kier molecular flexibility index (Phi) is 9.73. The third-order valence-corrected chi connectivity index (χ3v) is 11.9. The number of carbonyl (C=O) groups excluding carboxylic acids is 2. The second-order valence-corrected chi connectivity index (χ2v) is 15.5. The maximum atomic E-state index is 13.4. The van der Waals surface area contributed by atoms with Crippen molar-refractivity contribution in [2.75, 3.05) is 23.3 Å². The Morgan fingerprint density at radius 3 is 1.82 bits per heavy atom. The predicted octanol–water partition coefficient (Wildman–Crippen LogP) is 8.79. The van der Waals surface area contributed by atoms with Crippen LogP contribution in [-0.4, -0.2) is 24.9 Å². The molecule has 2 amide bonds. The minimum absolute atomic E-state index is 0.0295. The number of anilines is 2. The molecule has 0 aromatic heterocycles. The zero-order chi connectivity index (χ0) is 38.2. The number of fused-ring (bicyclic) bond motifs is 2. The molecule has 4 aliphatic rings. The van der Waals surface area contributed by atoms with Crippen molar-refractivity contribution < 1.29 is 9.59 Å². The van der Waals surface area contributed by atoms with Crippen LogP contribution in [0.5, 0.6) is 0 Å². The van der Waals surface area contributed by atoms with E-state index < -0.39 is 0 Å². The molecule has 5 aromatic rings. The van der Waals surface area contributed by atoms with Crippen molar-refractivity contribution in [3.8, 4) is 12.1 Å². The molecule has 10 heteroatoms. The fraction of sp³-hybridized carbons (Fsp3) is 0.244. The maximum Gasteiger partial charge on any atom is 0.254 e. The molecule has 2 fully saturated rings. The summed E-state index contributed by atoms with van der Waals surface area (Å²) >= 11 is 12.3. The molecule has 0 bridgehead atoms. The Labute approximate surface area is 330 Å². The molecule has 0 atom stereocenters. The fourth-order valence-electron chi connectivity index (χ4n) is 7.78. The van der Waals surface area contributed by atoms with Crippen LogP contribution in [0.1, 0.15) is 85.3 Å². The van der Waals surface area contributed by atoms with Gasteiger partial charge in [0.2, 0.25) is 0 Å². The first-order chi connectivity index (χ1) is 26.7. The Morgan fingerprint density at radius 1 is 0.691 bits per heavy atom. The van der Waals surface area contributed by atoms with E-state index in [1.807, 2.05) is 78.9 Å². The minimum Gasteiger partial charge on any atom is -0.384 e. The number of nitrogens with zero attached hydrogens (tertiary/aromatic N) is 3. The smallest absolute Gasteiger partial charge is 0.254 e. The molecule has 55 heavy (non-hydrogen) atoms. The number of benzene rings is 5. The van der Waals surface area contributed by atoms with Gasteiger partial charge in [-0.3, -0.25) is 9.59 Å².